The van der Waals surface area contributed by atoms with Crippen LogP contribution in [0.2, 0.25) is 0 Å². The maximum atomic E-state index is 12.8. The first kappa shape index (κ1) is 28.2. The summed E-state index contributed by atoms with van der Waals surface area (Å²) in [6.45, 7) is 2.21. The maximum absolute atomic E-state index is 12.8. The van der Waals surface area contributed by atoms with Crippen LogP contribution in [0.1, 0.15) is 49.3 Å². The Morgan fingerprint density at radius 3 is 1.81 bits per heavy atom. The van der Waals surface area contributed by atoms with Gasteiger partial charge in [-0.3, -0.25) is 4.79 Å². The molecular formula is C30H38N2O5. The number of aliphatic hydroxyl groups excluding tert-OH is 1. The number of aliphatic hydroxyl groups is 1. The molecule has 0 saturated carbocycles. The normalized spacial score (nSPS) is 13.0. The summed E-state index contributed by atoms with van der Waals surface area (Å²) in [5, 5.41) is 13.7. The second-order valence-electron chi connectivity index (χ2n) is 8.95. The molecule has 0 aliphatic carbocycles. The van der Waals surface area contributed by atoms with Crippen LogP contribution in [-0.2, 0) is 15.1 Å². The number of nitrogens with one attached hydrogen (secondary N) is 1. The van der Waals surface area contributed by atoms with E-state index in [4.69, 9.17) is 19.9 Å². The summed E-state index contributed by atoms with van der Waals surface area (Å²) in [5.74, 6) is 1.23. The lowest BCUT2D eigenvalue weighted by molar-refractivity contribution is -0.141. The molecule has 0 fully saturated rings. The van der Waals surface area contributed by atoms with Crippen molar-refractivity contribution in [3.05, 3.63) is 95.6 Å². The molecule has 0 saturated heterocycles. The second-order valence-corrected chi connectivity index (χ2v) is 8.95. The van der Waals surface area contributed by atoms with E-state index in [0.717, 1.165) is 36.0 Å². The molecule has 0 aliphatic rings. The molecule has 198 valence electrons. The minimum atomic E-state index is -1.16. The third-order valence-corrected chi connectivity index (χ3v) is 6.33. The quantitative estimate of drug-likeness (QED) is 0.171. The molecule has 0 spiro atoms. The molecule has 0 bridgehead atoms. The molecule has 7 nitrogen and oxygen atoms in total. The van der Waals surface area contributed by atoms with Gasteiger partial charge in [-0.05, 0) is 67.3 Å². The van der Waals surface area contributed by atoms with Crippen molar-refractivity contribution < 1.29 is 24.1 Å². The number of carbonyl (C=O) groups excluding carboxylic acids is 1. The van der Waals surface area contributed by atoms with E-state index in [2.05, 4.69) is 5.32 Å². The highest BCUT2D eigenvalue weighted by atomic mass is 16.5. The molecule has 3 rings (SSSR count). The van der Waals surface area contributed by atoms with E-state index < -0.39 is 17.9 Å². The zero-order valence-electron chi connectivity index (χ0n) is 21.9. The van der Waals surface area contributed by atoms with E-state index in [9.17, 15) is 9.90 Å². The van der Waals surface area contributed by atoms with Crippen LogP contribution >= 0.6 is 0 Å². The number of unbranched alkanes of at least 4 members (excludes halogenated alkanes) is 2. The fourth-order valence-corrected chi connectivity index (χ4v) is 4.30. The average Bonchev–Trinajstić information content (AvgIpc) is 2.94. The third kappa shape index (κ3) is 7.10. The van der Waals surface area contributed by atoms with Crippen molar-refractivity contribution in [2.75, 3.05) is 20.8 Å². The molecule has 4 N–H and O–H groups in total. The van der Waals surface area contributed by atoms with Gasteiger partial charge in [0, 0.05) is 6.42 Å². The number of benzene rings is 3. The second kappa shape index (κ2) is 13.8. The molecule has 0 heterocycles. The van der Waals surface area contributed by atoms with Gasteiger partial charge in [0.05, 0.1) is 20.3 Å². The van der Waals surface area contributed by atoms with Crippen molar-refractivity contribution in [3.63, 3.8) is 0 Å². The van der Waals surface area contributed by atoms with Gasteiger partial charge in [-0.2, -0.15) is 0 Å². The van der Waals surface area contributed by atoms with Gasteiger partial charge in [-0.15, -0.1) is 0 Å². The topological polar surface area (TPSA) is 103 Å². The van der Waals surface area contributed by atoms with Crippen molar-refractivity contribution in [1.82, 2.24) is 5.32 Å². The van der Waals surface area contributed by atoms with Gasteiger partial charge in [-0.25, -0.2) is 0 Å². The molecule has 2 unspecified atom stereocenters. The van der Waals surface area contributed by atoms with Crippen LogP contribution in [0, 0.1) is 0 Å². The van der Waals surface area contributed by atoms with E-state index >= 15 is 0 Å². The van der Waals surface area contributed by atoms with E-state index in [1.807, 2.05) is 78.9 Å². The average molecular weight is 507 g/mol. The summed E-state index contributed by atoms with van der Waals surface area (Å²) in [5.41, 5.74) is 6.88. The van der Waals surface area contributed by atoms with Gasteiger partial charge in [0.15, 0.2) is 6.23 Å². The zero-order chi connectivity index (χ0) is 26.7. The molecule has 1 amide bonds. The Hall–Kier alpha value is -3.39. The highest BCUT2D eigenvalue weighted by Gasteiger charge is 2.41. The van der Waals surface area contributed by atoms with Crippen LogP contribution in [0.15, 0.2) is 78.9 Å². The van der Waals surface area contributed by atoms with Crippen LogP contribution in [0.5, 0.6) is 11.5 Å². The highest BCUT2D eigenvalue weighted by molar-refractivity contribution is 5.76. The first-order chi connectivity index (χ1) is 17.9. The molecule has 0 radical (unpaired) electrons. The molecule has 3 aromatic carbocycles. The predicted octanol–water partition coefficient (Wildman–Crippen LogP) is 4.35. The largest absolute Gasteiger partial charge is 0.497 e. The SMILES string of the molecule is COc1ccc(C(OC(NC(=O)CCCCCN)C(C)O)(c2ccccc2)c2ccc(OC)cc2)cc1. The fraction of sp³-hybridized carbons (Fsp3) is 0.367. The van der Waals surface area contributed by atoms with Crippen molar-refractivity contribution in [3.8, 4) is 11.5 Å². The Labute approximate surface area is 219 Å². The van der Waals surface area contributed by atoms with Gasteiger partial charge in [0.25, 0.3) is 0 Å². The van der Waals surface area contributed by atoms with Crippen LogP contribution in [0.3, 0.4) is 0 Å². The van der Waals surface area contributed by atoms with Crippen molar-refractivity contribution in [1.29, 1.82) is 0 Å². The van der Waals surface area contributed by atoms with E-state index in [1.54, 1.807) is 21.1 Å². The number of nitrogens with two attached hydrogens (primary N) is 1. The summed E-state index contributed by atoms with van der Waals surface area (Å²) in [6, 6.07) is 25.0. The number of methoxy groups -OCH3 is 2. The van der Waals surface area contributed by atoms with Gasteiger partial charge < -0.3 is 30.4 Å². The highest BCUT2D eigenvalue weighted by Crippen LogP contribution is 2.42. The monoisotopic (exact) mass is 506 g/mol. The maximum Gasteiger partial charge on any atom is 0.222 e. The van der Waals surface area contributed by atoms with E-state index in [0.29, 0.717) is 24.5 Å². The van der Waals surface area contributed by atoms with Crippen LogP contribution in [0.4, 0.5) is 0 Å². The Kier molecular flexibility index (Phi) is 10.5. The lowest BCUT2D eigenvalue weighted by Gasteiger charge is -2.40. The molecule has 0 aliphatic heterocycles. The number of carbonyl (C=O) groups is 1. The van der Waals surface area contributed by atoms with Gasteiger partial charge in [-0.1, -0.05) is 61.0 Å². The zero-order valence-corrected chi connectivity index (χ0v) is 21.9. The summed E-state index contributed by atoms with van der Waals surface area (Å²) < 4.78 is 17.6. The summed E-state index contributed by atoms with van der Waals surface area (Å²) in [7, 11) is 3.23. The molecule has 3 aromatic rings. The Bertz CT molecular complexity index is 1040. The Balaban J connectivity index is 2.10. The molecular weight excluding hydrogens is 468 g/mol. The van der Waals surface area contributed by atoms with Crippen LogP contribution in [-0.4, -0.2) is 44.1 Å². The first-order valence-corrected chi connectivity index (χ1v) is 12.6. The third-order valence-electron chi connectivity index (χ3n) is 6.33. The summed E-state index contributed by atoms with van der Waals surface area (Å²) in [4.78, 5) is 12.8. The lowest BCUT2D eigenvalue weighted by Crippen LogP contribution is -2.50. The summed E-state index contributed by atoms with van der Waals surface area (Å²) >= 11 is 0. The van der Waals surface area contributed by atoms with Crippen LogP contribution < -0.4 is 20.5 Å². The van der Waals surface area contributed by atoms with Gasteiger partial charge >= 0.3 is 0 Å². The number of hydrogen-bond donors (Lipinski definition) is 3. The lowest BCUT2D eigenvalue weighted by atomic mass is 9.79. The van der Waals surface area contributed by atoms with Crippen molar-refractivity contribution in [2.45, 2.75) is 50.5 Å². The van der Waals surface area contributed by atoms with Gasteiger partial charge in [0.2, 0.25) is 5.91 Å². The van der Waals surface area contributed by atoms with Gasteiger partial charge in [0.1, 0.15) is 17.1 Å². The molecule has 2 atom stereocenters. The Morgan fingerprint density at radius 2 is 1.35 bits per heavy atom. The molecule has 37 heavy (non-hydrogen) atoms. The number of hydrogen-bond acceptors (Lipinski definition) is 6. The first-order valence-electron chi connectivity index (χ1n) is 12.6. The fourth-order valence-electron chi connectivity index (χ4n) is 4.30. The standard InChI is InChI=1S/C30H38N2O5/c1-22(33)29(32-28(34)12-8-5-9-21-31)37-30(23-10-6-4-7-11-23,24-13-17-26(35-2)18-14-24)25-15-19-27(36-3)20-16-25/h4,6-7,10-11,13-20,22,29,33H,5,8-9,12,21,31H2,1-3H3,(H,32,34). The van der Waals surface area contributed by atoms with Crippen LogP contribution in [0.25, 0.3) is 0 Å². The van der Waals surface area contributed by atoms with E-state index in [1.165, 1.54) is 0 Å². The van der Waals surface area contributed by atoms with E-state index in [-0.39, 0.29) is 5.91 Å². The van der Waals surface area contributed by atoms with Crippen molar-refractivity contribution >= 4 is 5.91 Å². The minimum Gasteiger partial charge on any atom is -0.497 e. The summed E-state index contributed by atoms with van der Waals surface area (Å²) in [6.07, 6.45) is 0.830. The molecule has 0 aromatic heterocycles. The number of ether oxygens (including phenoxy) is 3. The number of rotatable bonds is 14. The Morgan fingerprint density at radius 1 is 0.838 bits per heavy atom. The minimum absolute atomic E-state index is 0.186. The predicted molar refractivity (Wildman–Crippen MR) is 145 cm³/mol. The van der Waals surface area contributed by atoms with Crippen molar-refractivity contribution in [2.24, 2.45) is 5.73 Å². The number of amides is 1. The molecule has 7 heteroatoms. The smallest absolute Gasteiger partial charge is 0.222 e.